The minimum absolute atomic E-state index is 0.241. The summed E-state index contributed by atoms with van der Waals surface area (Å²) in [5.41, 5.74) is 3.64. The summed E-state index contributed by atoms with van der Waals surface area (Å²) >= 11 is 0. The van der Waals surface area contributed by atoms with Crippen molar-refractivity contribution in [2.45, 2.75) is 0 Å². The molecule has 0 aliphatic heterocycles. The number of nitrogens with zero attached hydrogens (tertiary/aromatic N) is 1. The highest BCUT2D eigenvalue weighted by Crippen LogP contribution is 2.13. The predicted octanol–water partition coefficient (Wildman–Crippen LogP) is 2.93. The van der Waals surface area contributed by atoms with Crippen LogP contribution in [-0.2, 0) is 4.79 Å². The Labute approximate surface area is 177 Å². The summed E-state index contributed by atoms with van der Waals surface area (Å²) in [6.07, 6.45) is 1.41. The zero-order chi connectivity index (χ0) is 22.1. The van der Waals surface area contributed by atoms with Crippen molar-refractivity contribution in [2.75, 3.05) is 6.54 Å². The van der Waals surface area contributed by atoms with Crippen LogP contribution >= 0.6 is 0 Å². The number of rotatable bonds is 7. The lowest BCUT2D eigenvalue weighted by molar-refractivity contribution is -0.120. The lowest BCUT2D eigenvalue weighted by Gasteiger charge is -2.05. The Kier molecular flexibility index (Phi) is 7.21. The fourth-order valence-electron chi connectivity index (χ4n) is 2.44. The van der Waals surface area contributed by atoms with Crippen molar-refractivity contribution in [1.82, 2.24) is 10.7 Å². The van der Waals surface area contributed by atoms with Crippen LogP contribution in [0.25, 0.3) is 0 Å². The summed E-state index contributed by atoms with van der Waals surface area (Å²) < 4.78 is 18.1. The molecule has 2 amide bonds. The third-order valence-electron chi connectivity index (χ3n) is 4.02. The summed E-state index contributed by atoms with van der Waals surface area (Å²) in [6.45, 7) is -0.290. The molecular weight excluding hydrogens is 401 g/mol. The maximum atomic E-state index is 12.9. The molecule has 0 spiro atoms. The van der Waals surface area contributed by atoms with Crippen LogP contribution in [0.15, 0.2) is 84.0 Å². The van der Waals surface area contributed by atoms with Crippen molar-refractivity contribution in [1.29, 1.82) is 0 Å². The smallest absolute Gasteiger partial charge is 0.343 e. The third kappa shape index (κ3) is 6.60. The SMILES string of the molecule is O=C(CNC(=O)c1ccc(F)cc1)N/N=C\c1ccc(OC(=O)c2ccccc2)cc1. The van der Waals surface area contributed by atoms with Crippen molar-refractivity contribution in [3.05, 3.63) is 101 Å². The Morgan fingerprint density at radius 2 is 1.55 bits per heavy atom. The lowest BCUT2D eigenvalue weighted by Crippen LogP contribution is -2.34. The molecule has 0 fully saturated rings. The minimum Gasteiger partial charge on any atom is -0.423 e. The van der Waals surface area contributed by atoms with Crippen LogP contribution in [-0.4, -0.2) is 30.5 Å². The van der Waals surface area contributed by atoms with Crippen molar-refractivity contribution in [3.8, 4) is 5.75 Å². The van der Waals surface area contributed by atoms with Gasteiger partial charge in [0.1, 0.15) is 11.6 Å². The van der Waals surface area contributed by atoms with E-state index in [1.807, 2.05) is 6.07 Å². The molecular formula is C23H18FN3O4. The van der Waals surface area contributed by atoms with Gasteiger partial charge in [0.25, 0.3) is 11.8 Å². The molecule has 0 aliphatic rings. The largest absolute Gasteiger partial charge is 0.423 e. The Bertz CT molecular complexity index is 1080. The Hall–Kier alpha value is -4.33. The number of benzene rings is 3. The molecule has 0 heterocycles. The molecule has 3 rings (SSSR count). The highest BCUT2D eigenvalue weighted by Gasteiger charge is 2.08. The highest BCUT2D eigenvalue weighted by atomic mass is 19.1. The molecule has 7 nitrogen and oxygen atoms in total. The number of nitrogens with one attached hydrogen (secondary N) is 2. The molecule has 31 heavy (non-hydrogen) atoms. The lowest BCUT2D eigenvalue weighted by atomic mass is 10.2. The number of amides is 2. The Morgan fingerprint density at radius 1 is 0.871 bits per heavy atom. The molecule has 0 atom stereocenters. The van der Waals surface area contributed by atoms with Crippen molar-refractivity contribution < 1.29 is 23.5 Å². The number of ether oxygens (including phenoxy) is 1. The number of esters is 1. The Balaban J connectivity index is 1.44. The van der Waals surface area contributed by atoms with E-state index in [9.17, 15) is 18.8 Å². The molecule has 8 heteroatoms. The van der Waals surface area contributed by atoms with Gasteiger partial charge in [-0.3, -0.25) is 9.59 Å². The van der Waals surface area contributed by atoms with Crippen LogP contribution in [0.3, 0.4) is 0 Å². The van der Waals surface area contributed by atoms with E-state index in [1.165, 1.54) is 18.3 Å². The van der Waals surface area contributed by atoms with Gasteiger partial charge in [0, 0.05) is 5.56 Å². The van der Waals surface area contributed by atoms with E-state index in [4.69, 9.17) is 4.74 Å². The number of hydrazone groups is 1. The van der Waals surface area contributed by atoms with Crippen LogP contribution in [0.4, 0.5) is 4.39 Å². The van der Waals surface area contributed by atoms with Crippen molar-refractivity contribution in [3.63, 3.8) is 0 Å². The van der Waals surface area contributed by atoms with Crippen molar-refractivity contribution >= 4 is 24.0 Å². The first-order chi connectivity index (χ1) is 15.0. The molecule has 0 saturated carbocycles. The monoisotopic (exact) mass is 419 g/mol. The van der Waals surface area contributed by atoms with E-state index in [0.717, 1.165) is 12.1 Å². The molecule has 0 radical (unpaired) electrons. The van der Waals surface area contributed by atoms with Gasteiger partial charge in [-0.25, -0.2) is 14.6 Å². The maximum Gasteiger partial charge on any atom is 0.343 e. The van der Waals surface area contributed by atoms with E-state index in [-0.39, 0.29) is 12.1 Å². The zero-order valence-corrected chi connectivity index (χ0v) is 16.2. The second kappa shape index (κ2) is 10.4. The molecule has 0 unspecified atom stereocenters. The van der Waals surface area contributed by atoms with Gasteiger partial charge in [-0.05, 0) is 66.2 Å². The third-order valence-corrected chi connectivity index (χ3v) is 4.02. The summed E-state index contributed by atoms with van der Waals surface area (Å²) in [5.74, 6) is -1.57. The first kappa shape index (κ1) is 21.4. The number of hydrogen-bond donors (Lipinski definition) is 2. The fourth-order valence-corrected chi connectivity index (χ4v) is 2.44. The molecule has 3 aromatic carbocycles. The molecule has 156 valence electrons. The summed E-state index contributed by atoms with van der Waals surface area (Å²) in [6, 6.07) is 20.1. The highest BCUT2D eigenvalue weighted by molar-refractivity contribution is 5.96. The summed E-state index contributed by atoms with van der Waals surface area (Å²) in [5, 5.41) is 6.22. The van der Waals surface area contributed by atoms with Gasteiger partial charge in [-0.2, -0.15) is 5.10 Å². The second-order valence-electron chi connectivity index (χ2n) is 6.31. The zero-order valence-electron chi connectivity index (χ0n) is 16.2. The van der Waals surface area contributed by atoms with Gasteiger partial charge < -0.3 is 10.1 Å². The molecule has 0 saturated heterocycles. The van der Waals surface area contributed by atoms with Crippen LogP contribution in [0.1, 0.15) is 26.3 Å². The van der Waals surface area contributed by atoms with Gasteiger partial charge in [0.05, 0.1) is 18.3 Å². The van der Waals surface area contributed by atoms with E-state index in [2.05, 4.69) is 15.8 Å². The van der Waals surface area contributed by atoms with E-state index >= 15 is 0 Å². The van der Waals surface area contributed by atoms with E-state index in [0.29, 0.717) is 16.9 Å². The van der Waals surface area contributed by atoms with Crippen LogP contribution < -0.4 is 15.5 Å². The fraction of sp³-hybridized carbons (Fsp3) is 0.0435. The number of carbonyl (C=O) groups excluding carboxylic acids is 3. The molecule has 2 N–H and O–H groups in total. The second-order valence-corrected chi connectivity index (χ2v) is 6.31. The van der Waals surface area contributed by atoms with Gasteiger partial charge in [-0.15, -0.1) is 0 Å². The van der Waals surface area contributed by atoms with E-state index in [1.54, 1.807) is 48.5 Å². The Morgan fingerprint density at radius 3 is 2.23 bits per heavy atom. The van der Waals surface area contributed by atoms with Gasteiger partial charge in [0.2, 0.25) is 0 Å². The van der Waals surface area contributed by atoms with Gasteiger partial charge in [-0.1, -0.05) is 18.2 Å². The summed E-state index contributed by atoms with van der Waals surface area (Å²) in [7, 11) is 0. The molecule has 3 aromatic rings. The molecule has 0 aliphatic carbocycles. The quantitative estimate of drug-likeness (QED) is 0.266. The summed E-state index contributed by atoms with van der Waals surface area (Å²) in [4.78, 5) is 35.7. The molecule has 0 bridgehead atoms. The minimum atomic E-state index is -0.528. The maximum absolute atomic E-state index is 12.9. The van der Waals surface area contributed by atoms with Crippen LogP contribution in [0.5, 0.6) is 5.75 Å². The van der Waals surface area contributed by atoms with Gasteiger partial charge >= 0.3 is 5.97 Å². The van der Waals surface area contributed by atoms with Crippen molar-refractivity contribution in [2.24, 2.45) is 5.10 Å². The van der Waals surface area contributed by atoms with Crippen LogP contribution in [0.2, 0.25) is 0 Å². The normalized spacial score (nSPS) is 10.5. The average Bonchev–Trinajstić information content (AvgIpc) is 2.79. The number of carbonyl (C=O) groups is 3. The predicted molar refractivity (Wildman–Crippen MR) is 112 cm³/mol. The first-order valence-electron chi connectivity index (χ1n) is 9.24. The number of halogens is 1. The standard InChI is InChI=1S/C23H18FN3O4/c24-19-10-8-17(9-11-19)22(29)25-15-21(28)27-26-14-16-6-12-20(13-7-16)31-23(30)18-4-2-1-3-5-18/h1-14H,15H2,(H,25,29)(H,27,28)/b26-14-. The van der Waals surface area contributed by atoms with Gasteiger partial charge in [0.15, 0.2) is 0 Å². The van der Waals surface area contributed by atoms with Crippen LogP contribution in [0, 0.1) is 5.82 Å². The van der Waals surface area contributed by atoms with E-state index < -0.39 is 23.6 Å². The number of hydrogen-bond acceptors (Lipinski definition) is 5. The molecule has 0 aromatic heterocycles. The average molecular weight is 419 g/mol. The first-order valence-corrected chi connectivity index (χ1v) is 9.24. The topological polar surface area (TPSA) is 96.9 Å².